The largest absolute Gasteiger partial charge is 0.412 e. The smallest absolute Gasteiger partial charge is 0.330 e. The van der Waals surface area contributed by atoms with Gasteiger partial charge in [-0.05, 0) is 50.6 Å². The normalized spacial score (nSPS) is 19.2. The summed E-state index contributed by atoms with van der Waals surface area (Å²) in [6, 6.07) is 0. The summed E-state index contributed by atoms with van der Waals surface area (Å²) in [4.78, 5) is 2.11. The first-order valence-electron chi connectivity index (χ1n) is 7.53. The molecule has 1 aliphatic heterocycles. The Morgan fingerprint density at radius 1 is 1.30 bits per heavy atom. The lowest BCUT2D eigenvalue weighted by Crippen LogP contribution is -2.33. The minimum atomic E-state index is -4.14. The molecule has 2 N–H and O–H groups in total. The molecule has 5 heteroatoms. The van der Waals surface area contributed by atoms with E-state index < -0.39 is 6.18 Å². The summed E-state index contributed by atoms with van der Waals surface area (Å²) >= 11 is 0. The minimum Gasteiger partial charge on any atom is -0.330 e. The summed E-state index contributed by atoms with van der Waals surface area (Å²) in [6.07, 6.45) is 0.508. The van der Waals surface area contributed by atoms with Gasteiger partial charge in [-0.2, -0.15) is 13.2 Å². The van der Waals surface area contributed by atoms with Gasteiger partial charge in [0.05, 0.1) is 0 Å². The first-order valence-corrected chi connectivity index (χ1v) is 7.53. The lowest BCUT2D eigenvalue weighted by molar-refractivity contribution is -0.0960. The van der Waals surface area contributed by atoms with E-state index in [2.05, 4.69) is 18.7 Å². The molecular formula is C15H27F3N2. The van der Waals surface area contributed by atoms with Crippen molar-refractivity contribution in [1.82, 2.24) is 4.90 Å². The Morgan fingerprint density at radius 3 is 2.45 bits per heavy atom. The van der Waals surface area contributed by atoms with Crippen LogP contribution in [-0.2, 0) is 0 Å². The Bertz CT molecular complexity index is 311. The van der Waals surface area contributed by atoms with Crippen LogP contribution in [0.1, 0.15) is 39.5 Å². The molecule has 0 saturated carbocycles. The molecule has 0 bridgehead atoms. The molecule has 0 saturated heterocycles. The highest BCUT2D eigenvalue weighted by atomic mass is 19.4. The van der Waals surface area contributed by atoms with Gasteiger partial charge < -0.3 is 5.73 Å². The fourth-order valence-electron chi connectivity index (χ4n) is 2.77. The summed E-state index contributed by atoms with van der Waals surface area (Å²) in [7, 11) is 0. The van der Waals surface area contributed by atoms with E-state index in [9.17, 15) is 13.2 Å². The van der Waals surface area contributed by atoms with Crippen LogP contribution < -0.4 is 5.73 Å². The van der Waals surface area contributed by atoms with E-state index in [1.54, 1.807) is 0 Å². The summed E-state index contributed by atoms with van der Waals surface area (Å²) in [5.41, 5.74) is 5.25. The Balaban J connectivity index is 2.29. The molecule has 0 fully saturated rings. The maximum Gasteiger partial charge on any atom is 0.412 e. The predicted octanol–water partition coefficient (Wildman–Crippen LogP) is 3.58. The standard InChI is InChI=1S/C15H27F3N2/c1-12(2)13(5-8-19)4-3-9-20-10-6-14(7-11-20)15(16,17)18/h6,12-13H,3-5,7-11,19H2,1-2H3. The molecule has 2 nitrogen and oxygen atoms in total. The van der Waals surface area contributed by atoms with Crippen molar-refractivity contribution < 1.29 is 13.2 Å². The topological polar surface area (TPSA) is 29.3 Å². The van der Waals surface area contributed by atoms with Crippen LogP contribution in [0.5, 0.6) is 0 Å². The van der Waals surface area contributed by atoms with E-state index >= 15 is 0 Å². The highest BCUT2D eigenvalue weighted by molar-refractivity contribution is 5.12. The van der Waals surface area contributed by atoms with Crippen molar-refractivity contribution in [3.63, 3.8) is 0 Å². The second kappa shape index (κ2) is 8.03. The lowest BCUT2D eigenvalue weighted by Gasteiger charge is -2.28. The Hall–Kier alpha value is -0.550. The predicted molar refractivity (Wildman–Crippen MR) is 76.4 cm³/mol. The molecule has 0 radical (unpaired) electrons. The van der Waals surface area contributed by atoms with Gasteiger partial charge in [-0.15, -0.1) is 0 Å². The molecule has 1 atom stereocenters. The van der Waals surface area contributed by atoms with Crippen LogP contribution >= 0.6 is 0 Å². The van der Waals surface area contributed by atoms with Gasteiger partial charge in [0.1, 0.15) is 0 Å². The summed E-state index contributed by atoms with van der Waals surface area (Å²) in [5.74, 6) is 1.25. The van der Waals surface area contributed by atoms with Crippen molar-refractivity contribution in [3.05, 3.63) is 11.6 Å². The summed E-state index contributed by atoms with van der Waals surface area (Å²) in [6.45, 7) is 6.96. The van der Waals surface area contributed by atoms with Crippen LogP contribution in [0.3, 0.4) is 0 Å². The van der Waals surface area contributed by atoms with Crippen molar-refractivity contribution in [2.75, 3.05) is 26.2 Å². The SMILES string of the molecule is CC(C)C(CCN)CCCN1CC=C(C(F)(F)F)CC1. The first kappa shape index (κ1) is 17.5. The van der Waals surface area contributed by atoms with Crippen molar-refractivity contribution in [1.29, 1.82) is 0 Å². The Labute approximate surface area is 120 Å². The number of alkyl halides is 3. The van der Waals surface area contributed by atoms with Crippen LogP contribution in [0.25, 0.3) is 0 Å². The number of nitrogens with zero attached hydrogens (tertiary/aromatic N) is 1. The van der Waals surface area contributed by atoms with E-state index in [-0.39, 0.29) is 12.0 Å². The summed E-state index contributed by atoms with van der Waals surface area (Å²) in [5, 5.41) is 0. The van der Waals surface area contributed by atoms with E-state index in [4.69, 9.17) is 5.73 Å². The first-order chi connectivity index (χ1) is 9.34. The summed E-state index contributed by atoms with van der Waals surface area (Å²) < 4.78 is 37.5. The van der Waals surface area contributed by atoms with E-state index in [1.807, 2.05) is 0 Å². The maximum atomic E-state index is 12.5. The van der Waals surface area contributed by atoms with E-state index in [0.29, 0.717) is 31.5 Å². The van der Waals surface area contributed by atoms with Crippen LogP contribution in [0.4, 0.5) is 13.2 Å². The van der Waals surface area contributed by atoms with Crippen LogP contribution in [0.15, 0.2) is 11.6 Å². The zero-order valence-corrected chi connectivity index (χ0v) is 12.5. The van der Waals surface area contributed by atoms with Crippen LogP contribution in [-0.4, -0.2) is 37.3 Å². The van der Waals surface area contributed by atoms with Gasteiger partial charge in [0.15, 0.2) is 0 Å². The van der Waals surface area contributed by atoms with Gasteiger partial charge >= 0.3 is 6.18 Å². The third kappa shape index (κ3) is 5.83. The van der Waals surface area contributed by atoms with Crippen LogP contribution in [0.2, 0.25) is 0 Å². The quantitative estimate of drug-likeness (QED) is 0.727. The van der Waals surface area contributed by atoms with Crippen molar-refractivity contribution in [2.45, 2.75) is 45.7 Å². The fourth-order valence-corrected chi connectivity index (χ4v) is 2.77. The van der Waals surface area contributed by atoms with Crippen molar-refractivity contribution >= 4 is 0 Å². The maximum absolute atomic E-state index is 12.5. The van der Waals surface area contributed by atoms with Crippen molar-refractivity contribution in [2.24, 2.45) is 17.6 Å². The average Bonchev–Trinajstić information content (AvgIpc) is 2.37. The monoisotopic (exact) mass is 292 g/mol. The molecular weight excluding hydrogens is 265 g/mol. The number of nitrogens with two attached hydrogens (primary N) is 1. The van der Waals surface area contributed by atoms with Gasteiger partial charge in [0, 0.05) is 18.7 Å². The highest BCUT2D eigenvalue weighted by Crippen LogP contribution is 2.30. The molecule has 1 unspecified atom stereocenters. The zero-order chi connectivity index (χ0) is 15.2. The van der Waals surface area contributed by atoms with Crippen LogP contribution in [0, 0.1) is 11.8 Å². The molecule has 1 heterocycles. The molecule has 0 aliphatic carbocycles. The third-order valence-electron chi connectivity index (χ3n) is 4.19. The molecule has 0 spiro atoms. The molecule has 1 aliphatic rings. The minimum absolute atomic E-state index is 0.125. The van der Waals surface area contributed by atoms with Crippen molar-refractivity contribution in [3.8, 4) is 0 Å². The second-order valence-corrected chi connectivity index (χ2v) is 6.00. The van der Waals surface area contributed by atoms with Gasteiger partial charge in [-0.3, -0.25) is 4.90 Å². The third-order valence-corrected chi connectivity index (χ3v) is 4.19. The zero-order valence-electron chi connectivity index (χ0n) is 12.5. The van der Waals surface area contributed by atoms with E-state index in [0.717, 1.165) is 25.8 Å². The number of hydrogen-bond acceptors (Lipinski definition) is 2. The lowest BCUT2D eigenvalue weighted by atomic mass is 9.88. The van der Waals surface area contributed by atoms with Gasteiger partial charge in [-0.1, -0.05) is 19.9 Å². The molecule has 20 heavy (non-hydrogen) atoms. The molecule has 0 aromatic heterocycles. The molecule has 118 valence electrons. The number of halogens is 3. The molecule has 0 amide bonds. The second-order valence-electron chi connectivity index (χ2n) is 6.00. The Kier molecular flexibility index (Phi) is 7.03. The molecule has 0 aromatic carbocycles. The molecule has 1 rings (SSSR count). The van der Waals surface area contributed by atoms with E-state index in [1.165, 1.54) is 6.08 Å². The highest BCUT2D eigenvalue weighted by Gasteiger charge is 2.34. The van der Waals surface area contributed by atoms with Gasteiger partial charge in [0.2, 0.25) is 0 Å². The fraction of sp³-hybridized carbons (Fsp3) is 0.867. The van der Waals surface area contributed by atoms with Gasteiger partial charge in [-0.25, -0.2) is 0 Å². The van der Waals surface area contributed by atoms with Gasteiger partial charge in [0.25, 0.3) is 0 Å². The Morgan fingerprint density at radius 2 is 2.00 bits per heavy atom. The molecule has 0 aromatic rings. The number of hydrogen-bond donors (Lipinski definition) is 1. The average molecular weight is 292 g/mol. The number of rotatable bonds is 7.